The SMILES string of the molecule is CC(C)(C)OC(=O)N1CCN([C@H]2c3ccc(Cl)cc3CCc3cc(Br)cnc32)C[C@@H]1C(=O)O.[Na]. The van der Waals surface area contributed by atoms with Crippen molar-refractivity contribution in [2.24, 2.45) is 0 Å². The number of benzene rings is 1. The Bertz CT molecular complexity index is 1040. The zero-order valence-corrected chi connectivity index (χ0v) is 24.2. The van der Waals surface area contributed by atoms with Crippen molar-refractivity contribution in [3.8, 4) is 0 Å². The number of halogens is 2. The number of aryl methyl sites for hydroxylation is 2. The van der Waals surface area contributed by atoms with Crippen molar-refractivity contribution in [1.82, 2.24) is 14.8 Å². The maximum absolute atomic E-state index is 12.7. The monoisotopic (exact) mass is 558 g/mol. The maximum atomic E-state index is 12.7. The largest absolute Gasteiger partial charge is 0.480 e. The van der Waals surface area contributed by atoms with E-state index in [0.29, 0.717) is 11.6 Å². The van der Waals surface area contributed by atoms with Crippen molar-refractivity contribution >= 4 is 69.2 Å². The molecule has 1 aromatic carbocycles. The molecule has 2 aliphatic rings. The molecule has 1 radical (unpaired) electrons. The molecule has 1 saturated heterocycles. The van der Waals surface area contributed by atoms with E-state index in [0.717, 1.165) is 39.7 Å². The standard InChI is InChI=1S/C24H27BrClN3O4.Na/c1-24(2,3)33-23(32)29-9-8-28(13-19(29)22(30)31)21-18-7-6-17(26)11-14(18)4-5-15-10-16(25)12-27-20(15)21;/h6-7,10-12,19,21H,4-5,8-9,13H2,1-3H3,(H,30,31);/t19-,21+;/m1./s1. The molecular formula is C24H27BrClN3NaO4. The van der Waals surface area contributed by atoms with Gasteiger partial charge in [0, 0.05) is 64.9 Å². The van der Waals surface area contributed by atoms with Gasteiger partial charge in [-0.3, -0.25) is 14.8 Å². The van der Waals surface area contributed by atoms with Gasteiger partial charge in [-0.15, -0.1) is 0 Å². The van der Waals surface area contributed by atoms with Gasteiger partial charge in [0.05, 0.1) is 11.7 Å². The smallest absolute Gasteiger partial charge is 0.411 e. The minimum absolute atomic E-state index is 0. The van der Waals surface area contributed by atoms with Crippen LogP contribution >= 0.6 is 27.5 Å². The minimum Gasteiger partial charge on any atom is -0.480 e. The zero-order valence-electron chi connectivity index (χ0n) is 19.8. The molecule has 1 aliphatic heterocycles. The number of nitrogens with zero attached hydrogens (tertiary/aromatic N) is 3. The Kier molecular flexibility index (Phi) is 8.75. The summed E-state index contributed by atoms with van der Waals surface area (Å²) in [4.78, 5) is 33.1. The third kappa shape index (κ3) is 5.97. The quantitative estimate of drug-likeness (QED) is 0.552. The number of carbonyl (C=O) groups excluding carboxylic acids is 1. The second-order valence-corrected chi connectivity index (χ2v) is 10.8. The first-order valence-electron chi connectivity index (χ1n) is 10.9. The van der Waals surface area contributed by atoms with Gasteiger partial charge in [0.25, 0.3) is 0 Å². The minimum atomic E-state index is -1.06. The number of piperazine rings is 1. The van der Waals surface area contributed by atoms with Gasteiger partial charge in [0.15, 0.2) is 0 Å². The molecule has 2 atom stereocenters. The molecule has 1 aromatic heterocycles. The molecule has 1 aliphatic carbocycles. The number of carboxylic acids is 1. The van der Waals surface area contributed by atoms with Crippen LogP contribution in [0.4, 0.5) is 4.79 Å². The van der Waals surface area contributed by atoms with Crippen LogP contribution in [0.15, 0.2) is 34.9 Å². The average Bonchev–Trinajstić information content (AvgIpc) is 2.88. The van der Waals surface area contributed by atoms with E-state index in [4.69, 9.17) is 21.3 Å². The molecule has 4 rings (SSSR count). The summed E-state index contributed by atoms with van der Waals surface area (Å²) in [5, 5.41) is 10.6. The van der Waals surface area contributed by atoms with Crippen LogP contribution in [0.25, 0.3) is 0 Å². The van der Waals surface area contributed by atoms with Crippen LogP contribution in [0.5, 0.6) is 0 Å². The van der Waals surface area contributed by atoms with Gasteiger partial charge in [-0.1, -0.05) is 17.7 Å². The molecule has 2 heterocycles. The molecular weight excluding hydrogens is 533 g/mol. The van der Waals surface area contributed by atoms with Crippen LogP contribution in [0.1, 0.15) is 49.2 Å². The Morgan fingerprint density at radius 2 is 1.88 bits per heavy atom. The summed E-state index contributed by atoms with van der Waals surface area (Å²) in [5.41, 5.74) is 3.52. The van der Waals surface area contributed by atoms with Crippen LogP contribution < -0.4 is 0 Å². The summed E-state index contributed by atoms with van der Waals surface area (Å²) >= 11 is 9.82. The fourth-order valence-electron chi connectivity index (χ4n) is 4.57. The Hall–Kier alpha value is -1.16. The predicted octanol–water partition coefficient (Wildman–Crippen LogP) is 4.31. The van der Waals surface area contributed by atoms with Crippen molar-refractivity contribution < 1.29 is 19.4 Å². The summed E-state index contributed by atoms with van der Waals surface area (Å²) < 4.78 is 6.37. The summed E-state index contributed by atoms with van der Waals surface area (Å²) in [7, 11) is 0. The van der Waals surface area contributed by atoms with Gasteiger partial charge < -0.3 is 9.84 Å². The van der Waals surface area contributed by atoms with E-state index in [2.05, 4.69) is 26.9 Å². The van der Waals surface area contributed by atoms with Crippen LogP contribution in [-0.2, 0) is 22.4 Å². The predicted molar refractivity (Wildman–Crippen MR) is 134 cm³/mol. The molecule has 1 fully saturated rings. The van der Waals surface area contributed by atoms with Gasteiger partial charge >= 0.3 is 12.1 Å². The van der Waals surface area contributed by atoms with Gasteiger partial charge in [0.1, 0.15) is 11.6 Å². The fourth-order valence-corrected chi connectivity index (χ4v) is 5.14. The number of aromatic nitrogens is 1. The van der Waals surface area contributed by atoms with E-state index in [-0.39, 0.29) is 48.7 Å². The van der Waals surface area contributed by atoms with Crippen molar-refractivity contribution in [3.63, 3.8) is 0 Å². The molecule has 7 nitrogen and oxygen atoms in total. The van der Waals surface area contributed by atoms with E-state index in [9.17, 15) is 14.7 Å². The molecule has 34 heavy (non-hydrogen) atoms. The van der Waals surface area contributed by atoms with E-state index in [1.807, 2.05) is 18.2 Å². The Morgan fingerprint density at radius 1 is 1.18 bits per heavy atom. The first kappa shape index (κ1) is 27.4. The van der Waals surface area contributed by atoms with E-state index < -0.39 is 23.7 Å². The van der Waals surface area contributed by atoms with Gasteiger partial charge in [-0.2, -0.15) is 0 Å². The number of hydrogen-bond acceptors (Lipinski definition) is 5. The molecule has 0 unspecified atom stereocenters. The van der Waals surface area contributed by atoms with Crippen molar-refractivity contribution in [2.75, 3.05) is 19.6 Å². The summed E-state index contributed by atoms with van der Waals surface area (Å²) in [5.74, 6) is -1.06. The number of amides is 1. The Balaban J connectivity index is 0.00000324. The normalized spacial score (nSPS) is 20.4. The molecule has 177 valence electrons. The third-order valence-corrected chi connectivity index (χ3v) is 6.65. The van der Waals surface area contributed by atoms with Crippen molar-refractivity contribution in [1.29, 1.82) is 0 Å². The third-order valence-electron chi connectivity index (χ3n) is 5.98. The maximum Gasteiger partial charge on any atom is 0.411 e. The first-order chi connectivity index (χ1) is 15.5. The van der Waals surface area contributed by atoms with Crippen LogP contribution in [0.3, 0.4) is 0 Å². The zero-order chi connectivity index (χ0) is 23.9. The Morgan fingerprint density at radius 3 is 2.56 bits per heavy atom. The van der Waals surface area contributed by atoms with E-state index in [1.165, 1.54) is 4.90 Å². The summed E-state index contributed by atoms with van der Waals surface area (Å²) in [6.07, 6.45) is 2.80. The number of rotatable bonds is 2. The topological polar surface area (TPSA) is 83.0 Å². The van der Waals surface area contributed by atoms with Crippen LogP contribution in [0.2, 0.25) is 5.02 Å². The second kappa shape index (κ2) is 10.8. The number of carbonyl (C=O) groups is 2. The van der Waals surface area contributed by atoms with E-state index >= 15 is 0 Å². The molecule has 2 aromatic rings. The molecule has 1 N–H and O–H groups in total. The number of ether oxygens (including phenoxy) is 1. The Labute approximate surface area is 235 Å². The number of fused-ring (bicyclic) bond motifs is 2. The van der Waals surface area contributed by atoms with Crippen molar-refractivity contribution in [2.45, 2.75) is 51.3 Å². The fraction of sp³-hybridized carbons (Fsp3) is 0.458. The molecule has 0 saturated carbocycles. The van der Waals surface area contributed by atoms with Crippen LogP contribution in [0, 0.1) is 0 Å². The number of aliphatic carboxylic acids is 1. The second-order valence-electron chi connectivity index (χ2n) is 9.47. The molecule has 0 spiro atoms. The average molecular weight is 560 g/mol. The summed E-state index contributed by atoms with van der Waals surface area (Å²) in [6.45, 7) is 6.21. The van der Waals surface area contributed by atoms with E-state index in [1.54, 1.807) is 27.0 Å². The molecule has 10 heteroatoms. The number of pyridine rings is 1. The van der Waals surface area contributed by atoms with Gasteiger partial charge in [-0.05, 0) is 84.4 Å². The van der Waals surface area contributed by atoms with Crippen LogP contribution in [-0.4, -0.2) is 92.8 Å². The molecule has 0 bridgehead atoms. The number of hydrogen-bond donors (Lipinski definition) is 1. The first-order valence-corrected chi connectivity index (χ1v) is 12.1. The van der Waals surface area contributed by atoms with Crippen molar-refractivity contribution in [3.05, 3.63) is 62.3 Å². The molecule has 1 amide bonds. The number of carboxylic acid groups (broad SMARTS) is 1. The van der Waals surface area contributed by atoms with Gasteiger partial charge in [-0.25, -0.2) is 9.59 Å². The van der Waals surface area contributed by atoms with Gasteiger partial charge in [0.2, 0.25) is 0 Å². The summed E-state index contributed by atoms with van der Waals surface area (Å²) in [6, 6.07) is 6.68.